The molecule has 2 amide bonds. The Balaban J connectivity index is 1.30. The van der Waals surface area contributed by atoms with Crippen LogP contribution in [0.25, 0.3) is 0 Å². The van der Waals surface area contributed by atoms with Gasteiger partial charge in [-0.15, -0.1) is 0 Å². The second kappa shape index (κ2) is 11.2. The number of piperidine rings is 1. The van der Waals surface area contributed by atoms with Crippen LogP contribution < -0.4 is 21.3 Å². The highest BCUT2D eigenvalue weighted by Crippen LogP contribution is 2.26. The van der Waals surface area contributed by atoms with Crippen molar-refractivity contribution in [3.63, 3.8) is 0 Å². The minimum atomic E-state index is -0.569. The lowest BCUT2D eigenvalue weighted by molar-refractivity contribution is 0.0303. The number of amides is 2. The van der Waals surface area contributed by atoms with E-state index >= 15 is 0 Å². The van der Waals surface area contributed by atoms with Gasteiger partial charge in [0.2, 0.25) is 5.95 Å². The Morgan fingerprint density at radius 3 is 2.49 bits per heavy atom. The van der Waals surface area contributed by atoms with Gasteiger partial charge in [-0.2, -0.15) is 0 Å². The summed E-state index contributed by atoms with van der Waals surface area (Å²) in [6.07, 6.45) is 5.39. The van der Waals surface area contributed by atoms with E-state index in [1.807, 2.05) is 6.07 Å². The summed E-state index contributed by atoms with van der Waals surface area (Å²) in [5, 5.41) is 6.59. The maximum absolute atomic E-state index is 12.7. The van der Waals surface area contributed by atoms with Crippen LogP contribution in [0, 0.1) is 0 Å². The molecule has 11 nitrogen and oxygen atoms in total. The minimum Gasteiger partial charge on any atom is -0.378 e. The third-order valence-electron chi connectivity index (χ3n) is 6.48. The number of aromatic nitrogens is 3. The first-order chi connectivity index (χ1) is 18.1. The second-order valence-electron chi connectivity index (χ2n) is 9.04. The quantitative estimate of drug-likeness (QED) is 0.444. The molecule has 0 bridgehead atoms. The number of benzene rings is 1. The zero-order chi connectivity index (χ0) is 25.6. The first kappa shape index (κ1) is 24.4. The van der Waals surface area contributed by atoms with Crippen LogP contribution in [0.2, 0.25) is 0 Å². The number of primary amides is 1. The number of nitrogens with one attached hydrogen (secondary N) is 2. The third kappa shape index (κ3) is 5.95. The largest absolute Gasteiger partial charge is 0.378 e. The molecule has 11 heteroatoms. The minimum absolute atomic E-state index is 0.0260. The monoisotopic (exact) mass is 502 g/mol. The lowest BCUT2D eigenvalue weighted by Gasteiger charge is -2.34. The molecule has 4 N–H and O–H groups in total. The lowest BCUT2D eigenvalue weighted by atomic mass is 10.1. The van der Waals surface area contributed by atoms with Gasteiger partial charge in [-0.25, -0.2) is 15.0 Å². The average Bonchev–Trinajstić information content (AvgIpc) is 2.94. The molecule has 2 saturated heterocycles. The van der Waals surface area contributed by atoms with Crippen LogP contribution in [0.15, 0.2) is 54.9 Å². The summed E-state index contributed by atoms with van der Waals surface area (Å²) in [6, 6.07) is 12.6. The Morgan fingerprint density at radius 2 is 1.76 bits per heavy atom. The van der Waals surface area contributed by atoms with Crippen molar-refractivity contribution < 1.29 is 14.3 Å². The lowest BCUT2D eigenvalue weighted by Crippen LogP contribution is -2.42. The Kier molecular flexibility index (Phi) is 7.41. The Bertz CT molecular complexity index is 1230. The van der Waals surface area contributed by atoms with Crippen LogP contribution in [0.3, 0.4) is 0 Å². The molecule has 0 radical (unpaired) electrons. The number of ether oxygens (including phenoxy) is 1. The maximum Gasteiger partial charge on any atom is 0.254 e. The van der Waals surface area contributed by atoms with Crippen molar-refractivity contribution in [1.82, 2.24) is 19.9 Å². The molecule has 2 aliphatic heterocycles. The van der Waals surface area contributed by atoms with Crippen LogP contribution in [-0.4, -0.2) is 77.1 Å². The molecule has 4 heterocycles. The summed E-state index contributed by atoms with van der Waals surface area (Å²) in [6.45, 7) is 3.84. The molecule has 0 aliphatic carbocycles. The number of carbonyl (C=O) groups excluding carboxylic acids is 2. The molecule has 2 aromatic heterocycles. The number of pyridine rings is 1. The van der Waals surface area contributed by atoms with Gasteiger partial charge in [0.1, 0.15) is 11.6 Å². The van der Waals surface area contributed by atoms with E-state index in [1.165, 1.54) is 0 Å². The Hall–Kier alpha value is -4.25. The fourth-order valence-electron chi connectivity index (χ4n) is 4.56. The molecule has 0 spiro atoms. The molecule has 5 rings (SSSR count). The third-order valence-corrected chi connectivity index (χ3v) is 6.48. The zero-order valence-electron chi connectivity index (χ0n) is 20.5. The highest BCUT2D eigenvalue weighted by atomic mass is 16.5. The van der Waals surface area contributed by atoms with Gasteiger partial charge < -0.3 is 30.9 Å². The molecule has 37 heavy (non-hydrogen) atoms. The van der Waals surface area contributed by atoms with Crippen molar-refractivity contribution in [3.8, 4) is 0 Å². The van der Waals surface area contributed by atoms with Gasteiger partial charge in [0.05, 0.1) is 18.8 Å². The fraction of sp³-hybridized carbons (Fsp3) is 0.346. The van der Waals surface area contributed by atoms with Crippen molar-refractivity contribution in [2.24, 2.45) is 5.73 Å². The predicted octanol–water partition coefficient (Wildman–Crippen LogP) is 2.27. The van der Waals surface area contributed by atoms with E-state index < -0.39 is 5.91 Å². The molecule has 1 aromatic carbocycles. The number of carbonyl (C=O) groups is 2. The van der Waals surface area contributed by atoms with Crippen LogP contribution in [-0.2, 0) is 4.74 Å². The van der Waals surface area contributed by atoms with Crippen molar-refractivity contribution in [1.29, 1.82) is 0 Å². The Labute approximate surface area is 215 Å². The predicted molar refractivity (Wildman–Crippen MR) is 140 cm³/mol. The van der Waals surface area contributed by atoms with E-state index in [0.29, 0.717) is 54.9 Å². The summed E-state index contributed by atoms with van der Waals surface area (Å²) in [5.41, 5.74) is 7.22. The van der Waals surface area contributed by atoms with E-state index in [2.05, 4.69) is 25.5 Å². The van der Waals surface area contributed by atoms with Gasteiger partial charge in [0, 0.05) is 55.9 Å². The molecule has 0 unspecified atom stereocenters. The molecule has 2 aliphatic rings. The first-order valence-corrected chi connectivity index (χ1v) is 12.4. The molecular formula is C26H30N8O3. The van der Waals surface area contributed by atoms with Crippen molar-refractivity contribution in [2.45, 2.75) is 18.9 Å². The normalized spacial score (nSPS) is 17.8. The number of morpholine rings is 1. The smallest absolute Gasteiger partial charge is 0.254 e. The molecule has 3 aromatic rings. The van der Waals surface area contributed by atoms with Crippen LogP contribution >= 0.6 is 0 Å². The molecule has 1 atom stereocenters. The number of hydrogen-bond acceptors (Lipinski definition) is 9. The second-order valence-corrected chi connectivity index (χ2v) is 9.04. The van der Waals surface area contributed by atoms with Crippen molar-refractivity contribution in [2.75, 3.05) is 54.9 Å². The average molecular weight is 503 g/mol. The molecule has 0 saturated carbocycles. The summed E-state index contributed by atoms with van der Waals surface area (Å²) >= 11 is 0. The number of hydrogen-bond donors (Lipinski definition) is 3. The highest BCUT2D eigenvalue weighted by molar-refractivity contribution is 5.99. The standard InChI is InChI=1S/C26H30N8O3/c27-23(35)21-8-9-22(34-12-1-3-20(17-34)31-26-28-10-2-11-29-26)32-24(21)30-19-6-4-18(5-7-19)25(36)33-13-15-37-16-14-33/h2,4-11,20H,1,3,12-17H2,(H2,27,35)(H,30,32)(H,28,29,31)/t20-/m1/s1. The number of anilines is 4. The van der Waals surface area contributed by atoms with Gasteiger partial charge in [-0.1, -0.05) is 0 Å². The SMILES string of the molecule is NC(=O)c1ccc(N2CCC[C@@H](Nc3ncccn3)C2)nc1Nc1ccc(C(=O)N2CCOCC2)cc1. The van der Waals surface area contributed by atoms with E-state index in [0.717, 1.165) is 31.7 Å². The van der Waals surface area contributed by atoms with Gasteiger partial charge in [-0.05, 0) is 55.3 Å². The van der Waals surface area contributed by atoms with Crippen molar-refractivity contribution in [3.05, 3.63) is 66.0 Å². The summed E-state index contributed by atoms with van der Waals surface area (Å²) in [4.78, 5) is 42.1. The van der Waals surface area contributed by atoms with Gasteiger partial charge >= 0.3 is 0 Å². The zero-order valence-corrected chi connectivity index (χ0v) is 20.5. The fourth-order valence-corrected chi connectivity index (χ4v) is 4.56. The molecule has 192 valence electrons. The summed E-state index contributed by atoms with van der Waals surface area (Å²) in [5.74, 6) is 1.12. The highest BCUT2D eigenvalue weighted by Gasteiger charge is 2.23. The summed E-state index contributed by atoms with van der Waals surface area (Å²) < 4.78 is 5.33. The van der Waals surface area contributed by atoms with Crippen molar-refractivity contribution >= 4 is 35.1 Å². The van der Waals surface area contributed by atoms with E-state index in [-0.39, 0.29) is 11.9 Å². The summed E-state index contributed by atoms with van der Waals surface area (Å²) in [7, 11) is 0. The number of nitrogens with two attached hydrogens (primary N) is 1. The van der Waals surface area contributed by atoms with Crippen LogP contribution in [0.5, 0.6) is 0 Å². The van der Waals surface area contributed by atoms with E-state index in [1.54, 1.807) is 53.7 Å². The Morgan fingerprint density at radius 1 is 1.00 bits per heavy atom. The van der Waals surface area contributed by atoms with Gasteiger partial charge in [0.25, 0.3) is 11.8 Å². The van der Waals surface area contributed by atoms with E-state index in [9.17, 15) is 9.59 Å². The maximum atomic E-state index is 12.7. The first-order valence-electron chi connectivity index (χ1n) is 12.4. The number of rotatable bonds is 7. The van der Waals surface area contributed by atoms with E-state index in [4.69, 9.17) is 15.5 Å². The van der Waals surface area contributed by atoms with Crippen LogP contribution in [0.4, 0.5) is 23.3 Å². The van der Waals surface area contributed by atoms with Gasteiger partial charge in [0.15, 0.2) is 0 Å². The van der Waals surface area contributed by atoms with Crippen LogP contribution in [0.1, 0.15) is 33.6 Å². The van der Waals surface area contributed by atoms with Gasteiger partial charge in [-0.3, -0.25) is 9.59 Å². The molecule has 2 fully saturated rings. The number of nitrogens with zero attached hydrogens (tertiary/aromatic N) is 5. The topological polar surface area (TPSA) is 139 Å². The molecular weight excluding hydrogens is 472 g/mol.